The molecule has 0 bridgehead atoms. The minimum Gasteiger partial charge on any atom is -0.497 e. The highest BCUT2D eigenvalue weighted by Crippen LogP contribution is 2.46. The Morgan fingerprint density at radius 2 is 1.29 bits per heavy atom. The van der Waals surface area contributed by atoms with Crippen LogP contribution in [0.2, 0.25) is 5.02 Å². The van der Waals surface area contributed by atoms with Gasteiger partial charge >= 0.3 is 0 Å². The second-order valence-corrected chi connectivity index (χ2v) is 24.6. The van der Waals surface area contributed by atoms with Crippen LogP contribution in [0.5, 0.6) is 11.5 Å². The predicted molar refractivity (Wildman–Crippen MR) is 381 cm³/mol. The van der Waals surface area contributed by atoms with Gasteiger partial charge in [0.1, 0.15) is 40.3 Å². The van der Waals surface area contributed by atoms with E-state index < -0.39 is 5.82 Å². The van der Waals surface area contributed by atoms with Gasteiger partial charge in [0.2, 0.25) is 17.7 Å². The van der Waals surface area contributed by atoms with E-state index >= 15 is 0 Å². The molecule has 23 heteroatoms. The summed E-state index contributed by atoms with van der Waals surface area (Å²) in [5, 5.41) is 36.8. The maximum atomic E-state index is 13.5. The van der Waals surface area contributed by atoms with Crippen LogP contribution >= 0.6 is 35.1 Å². The molecule has 12 aromatic rings. The Balaban J connectivity index is 0.000000131. The van der Waals surface area contributed by atoms with E-state index in [1.807, 2.05) is 165 Å². The number of carbonyl (C=O) groups is 2. The van der Waals surface area contributed by atoms with Crippen molar-refractivity contribution in [1.82, 2.24) is 44.5 Å². The summed E-state index contributed by atoms with van der Waals surface area (Å²) >= 11 is 8.58. The molecular weight excluding hydrogens is 1280 g/mol. The summed E-state index contributed by atoms with van der Waals surface area (Å²) in [6.07, 6.45) is 3.40. The summed E-state index contributed by atoms with van der Waals surface area (Å²) < 4.78 is 33.8. The highest BCUT2D eigenvalue weighted by Gasteiger charge is 2.32. The molecule has 1 unspecified atom stereocenters. The number of morpholine rings is 1. The second kappa shape index (κ2) is 32.0. The molecule has 2 aliphatic rings. The van der Waals surface area contributed by atoms with Crippen LogP contribution in [0.15, 0.2) is 228 Å². The summed E-state index contributed by atoms with van der Waals surface area (Å²) in [4.78, 5) is 39.9. The number of ether oxygens (including phenoxy) is 3. The van der Waals surface area contributed by atoms with Crippen LogP contribution in [0.1, 0.15) is 28.2 Å². The van der Waals surface area contributed by atoms with E-state index in [0.717, 1.165) is 98.3 Å². The fraction of sp³-hybridized carbons (Fsp3) is 0.162. The molecule has 0 spiro atoms. The van der Waals surface area contributed by atoms with Crippen LogP contribution in [-0.2, 0) is 28.4 Å². The lowest BCUT2D eigenvalue weighted by atomic mass is 9.82. The highest BCUT2D eigenvalue weighted by molar-refractivity contribution is 8.00. The zero-order valence-electron chi connectivity index (χ0n) is 53.6. The number of methoxy groups -OCH3 is 1. The number of nitriles is 1. The van der Waals surface area contributed by atoms with Crippen LogP contribution in [-0.4, -0.2) is 101 Å². The van der Waals surface area contributed by atoms with Crippen LogP contribution in [0.3, 0.4) is 0 Å². The number of benzene rings is 7. The SMILES string of the molecule is COc1cccc(C2C(C#N)=C(N)Oc3c2ccc2ccccc32)c1.Cc1cc(C)cc(NC(=O)CSc2nnc(-c3ccccn3)n2C)c1.Clc1ccc(-c2cc(N3CCOCC3)c3ccccc3n2)cc1.Cn1c(SCC(=O)Nc2ccccc2F)nnc1-c1ccccn1. The molecule has 97 heavy (non-hydrogen) atoms. The Morgan fingerprint density at radius 1 is 0.680 bits per heavy atom. The number of rotatable bonds is 14. The topological polar surface area (TPSA) is 239 Å². The summed E-state index contributed by atoms with van der Waals surface area (Å²) in [6, 6.07) is 63.4. The van der Waals surface area contributed by atoms with Crippen molar-refractivity contribution in [3.05, 3.63) is 251 Å². The van der Waals surface area contributed by atoms with Gasteiger partial charge in [0.05, 0.1) is 54.6 Å². The minimum absolute atomic E-state index is 0.0719. The van der Waals surface area contributed by atoms with Crippen LogP contribution in [0.25, 0.3) is 56.0 Å². The molecule has 1 atom stereocenters. The molecular formula is C74H66ClFN14O5S2. The van der Waals surface area contributed by atoms with Gasteiger partial charge in [0.25, 0.3) is 0 Å². The maximum Gasteiger partial charge on any atom is 0.234 e. The summed E-state index contributed by atoms with van der Waals surface area (Å²) in [5.41, 5.74) is 17.4. The number of allylic oxidation sites excluding steroid dienone is 1. The number of hydrogen-bond donors (Lipinski definition) is 3. The number of para-hydroxylation sites is 2. The van der Waals surface area contributed by atoms with Gasteiger partial charge in [-0.05, 0) is 121 Å². The lowest BCUT2D eigenvalue weighted by molar-refractivity contribution is -0.114. The van der Waals surface area contributed by atoms with Gasteiger partial charge in [-0.3, -0.25) is 19.6 Å². The monoisotopic (exact) mass is 1350 g/mol. The first-order valence-electron chi connectivity index (χ1n) is 30.7. The molecule has 488 valence electrons. The molecule has 0 saturated carbocycles. The van der Waals surface area contributed by atoms with Crippen molar-refractivity contribution in [2.75, 3.05) is 60.5 Å². The molecule has 5 aromatic heterocycles. The third kappa shape index (κ3) is 16.8. The van der Waals surface area contributed by atoms with Crippen LogP contribution in [0.4, 0.5) is 21.5 Å². The number of hydrogen-bond acceptors (Lipinski definition) is 17. The number of thioether (sulfide) groups is 2. The van der Waals surface area contributed by atoms with E-state index in [-0.39, 0.29) is 40.8 Å². The third-order valence-electron chi connectivity index (χ3n) is 15.5. The Labute approximate surface area is 573 Å². The Kier molecular flexibility index (Phi) is 22.2. The number of aromatic nitrogens is 9. The number of anilines is 3. The van der Waals surface area contributed by atoms with Crippen molar-refractivity contribution in [3.63, 3.8) is 0 Å². The molecule has 4 N–H and O–H groups in total. The lowest BCUT2D eigenvalue weighted by Crippen LogP contribution is -2.36. The number of amides is 2. The molecule has 2 aliphatic heterocycles. The van der Waals surface area contributed by atoms with E-state index in [0.29, 0.717) is 39.0 Å². The Hall–Kier alpha value is -11.0. The first-order chi connectivity index (χ1) is 47.2. The van der Waals surface area contributed by atoms with E-state index in [2.05, 4.69) is 82.3 Å². The molecule has 19 nitrogen and oxygen atoms in total. The number of carbonyl (C=O) groups excluding carboxylic acids is 2. The Morgan fingerprint density at radius 3 is 1.92 bits per heavy atom. The van der Waals surface area contributed by atoms with E-state index in [1.165, 1.54) is 46.7 Å². The van der Waals surface area contributed by atoms with Gasteiger partial charge < -0.3 is 44.6 Å². The average Bonchev–Trinajstić information content (AvgIpc) is 1.02. The number of fused-ring (bicyclic) bond motifs is 4. The van der Waals surface area contributed by atoms with Crippen molar-refractivity contribution in [3.8, 4) is 51.9 Å². The molecule has 14 rings (SSSR count). The molecule has 1 saturated heterocycles. The third-order valence-corrected chi connectivity index (χ3v) is 17.8. The van der Waals surface area contributed by atoms with E-state index in [4.69, 9.17) is 36.5 Å². The number of nitrogens with zero attached hydrogens (tertiary/aromatic N) is 11. The number of halogens is 2. The Bertz CT molecular complexity index is 4820. The number of pyridine rings is 3. The summed E-state index contributed by atoms with van der Waals surface area (Å²) in [5.74, 6) is 2.13. The summed E-state index contributed by atoms with van der Waals surface area (Å²) in [7, 11) is 5.30. The first-order valence-corrected chi connectivity index (χ1v) is 33.1. The van der Waals surface area contributed by atoms with Gasteiger partial charge in [-0.25, -0.2) is 9.37 Å². The molecule has 0 aliphatic carbocycles. The van der Waals surface area contributed by atoms with Gasteiger partial charge in [0, 0.05) is 77.9 Å². The number of nitrogens with one attached hydrogen (secondary N) is 2. The molecule has 2 amide bonds. The fourth-order valence-electron chi connectivity index (χ4n) is 10.9. The van der Waals surface area contributed by atoms with Crippen molar-refractivity contribution < 1.29 is 28.2 Å². The predicted octanol–water partition coefficient (Wildman–Crippen LogP) is 14.4. The van der Waals surface area contributed by atoms with Gasteiger partial charge in [-0.15, -0.1) is 20.4 Å². The molecule has 1 fully saturated rings. The normalized spacial score (nSPS) is 13.1. The first kappa shape index (κ1) is 67.5. The quantitative estimate of drug-likeness (QED) is 0.0858. The van der Waals surface area contributed by atoms with Crippen molar-refractivity contribution in [2.45, 2.75) is 30.1 Å². The smallest absolute Gasteiger partial charge is 0.234 e. The van der Waals surface area contributed by atoms with Gasteiger partial charge in [0.15, 0.2) is 22.0 Å². The zero-order chi connectivity index (χ0) is 67.8. The molecule has 0 radical (unpaired) electrons. The molecule has 7 aromatic carbocycles. The standard InChI is InChI=1S/C21H16N2O2.C19H17ClN2O.C18H19N5OS.C16H14FN5OS/c1-24-15-7-4-6-14(11-15)19-17-10-9-13-5-2-3-8-16(13)20(17)25-21(23)18(19)12-22;20-15-7-5-14(6-8-15)18-13-19(22-9-11-23-12-10-22)16-3-1-2-4-17(16)21-18;1-12-8-13(2)10-14(9-12)20-16(24)11-25-18-22-21-17(23(18)3)15-6-4-5-7-19-15;1-22-15(13-8-4-5-9-18-13)20-21-16(22)24-10-14(23)19-12-7-3-2-6-11(12)17/h2-11,19H,23H2,1H3;1-8,13H,9-12H2;4-10H,11H2,1-3H3,(H,20,24);2-9H,10H2,1H3,(H,19,23). The average molecular weight is 1350 g/mol. The highest BCUT2D eigenvalue weighted by atomic mass is 35.5. The van der Waals surface area contributed by atoms with Gasteiger partial charge in [-0.2, -0.15) is 5.26 Å². The van der Waals surface area contributed by atoms with Gasteiger partial charge in [-0.1, -0.05) is 144 Å². The summed E-state index contributed by atoms with van der Waals surface area (Å²) in [6.45, 7) is 7.38. The number of nitrogens with two attached hydrogens (primary N) is 1. The van der Waals surface area contributed by atoms with Crippen LogP contribution in [0, 0.1) is 31.0 Å². The molecule has 7 heterocycles. The number of aryl methyl sites for hydroxylation is 2. The van der Waals surface area contributed by atoms with E-state index in [1.54, 1.807) is 43.3 Å². The lowest BCUT2D eigenvalue weighted by Gasteiger charge is -2.30. The fourth-order valence-corrected chi connectivity index (χ4v) is 12.5. The van der Waals surface area contributed by atoms with Crippen molar-refractivity contribution in [1.29, 1.82) is 5.26 Å². The van der Waals surface area contributed by atoms with Crippen LogP contribution < -0.4 is 30.7 Å². The minimum atomic E-state index is -0.466. The second-order valence-electron chi connectivity index (χ2n) is 22.2. The van der Waals surface area contributed by atoms with Crippen molar-refractivity contribution in [2.24, 2.45) is 19.8 Å². The largest absolute Gasteiger partial charge is 0.497 e. The zero-order valence-corrected chi connectivity index (χ0v) is 55.9. The van der Waals surface area contributed by atoms with E-state index in [9.17, 15) is 19.2 Å². The van der Waals surface area contributed by atoms with Crippen molar-refractivity contribution >= 4 is 85.7 Å². The maximum absolute atomic E-state index is 13.5.